The first-order valence-electron chi connectivity index (χ1n) is 25.0. The summed E-state index contributed by atoms with van der Waals surface area (Å²) < 4.78 is 10.9. The molecule has 0 heterocycles. The fraction of sp³-hybridized carbons (Fsp3) is 0.509. The minimum Gasteiger partial charge on any atom is -0.480 e. The molecule has 0 spiro atoms. The summed E-state index contributed by atoms with van der Waals surface area (Å²) in [6.45, 7) is 17.0. The molecular formula is C57H79N3O9. The number of hydrogen-bond acceptors (Lipinski definition) is 9. The van der Waals surface area contributed by atoms with Gasteiger partial charge in [-0.05, 0) is 101 Å². The number of carboxylic acids is 1. The Morgan fingerprint density at radius 3 is 1.39 bits per heavy atom. The molecule has 12 heteroatoms. The number of rotatable bonds is 22. The van der Waals surface area contributed by atoms with Gasteiger partial charge in [0.2, 0.25) is 5.91 Å². The summed E-state index contributed by atoms with van der Waals surface area (Å²) in [5, 5.41) is 32.1. The fourth-order valence-electron chi connectivity index (χ4n) is 9.33. The minimum atomic E-state index is -1.10. The molecule has 0 bridgehead atoms. The average molecular weight is 950 g/mol. The van der Waals surface area contributed by atoms with Crippen LogP contribution in [0.3, 0.4) is 0 Å². The normalized spacial score (nSPS) is 15.8. The monoisotopic (exact) mass is 950 g/mol. The van der Waals surface area contributed by atoms with E-state index in [9.17, 15) is 19.2 Å². The lowest BCUT2D eigenvalue weighted by Gasteiger charge is -2.31. The highest BCUT2D eigenvalue weighted by Gasteiger charge is 2.32. The zero-order valence-electron chi connectivity index (χ0n) is 42.2. The van der Waals surface area contributed by atoms with Gasteiger partial charge in [0.15, 0.2) is 0 Å². The van der Waals surface area contributed by atoms with Crippen molar-refractivity contribution in [3.63, 3.8) is 0 Å². The number of carboxylic acid groups (broad SMARTS) is 1. The summed E-state index contributed by atoms with van der Waals surface area (Å²) in [5.74, 6) is -0.341. The maximum absolute atomic E-state index is 12.9. The number of fused-ring (bicyclic) bond motifs is 6. The Balaban J connectivity index is 0.000000254. The third kappa shape index (κ3) is 15.7. The van der Waals surface area contributed by atoms with Crippen LogP contribution in [-0.2, 0) is 23.9 Å². The van der Waals surface area contributed by atoms with Crippen LogP contribution in [0.2, 0.25) is 0 Å². The number of carbonyl (C=O) groups is 4. The van der Waals surface area contributed by atoms with Gasteiger partial charge in [0.05, 0.1) is 6.42 Å². The molecule has 0 aromatic heterocycles. The Morgan fingerprint density at radius 2 is 0.986 bits per heavy atom. The largest absolute Gasteiger partial charge is 0.480 e. The molecule has 2 aliphatic carbocycles. The molecule has 376 valence electrons. The molecule has 0 radical (unpaired) electrons. The van der Waals surface area contributed by atoms with Gasteiger partial charge in [-0.3, -0.25) is 14.4 Å². The topological polar surface area (TPSA) is 198 Å². The van der Waals surface area contributed by atoms with E-state index in [0.717, 1.165) is 60.8 Å². The highest BCUT2D eigenvalue weighted by atomic mass is 16.5. The van der Waals surface area contributed by atoms with Crippen LogP contribution >= 0.6 is 0 Å². The second-order valence-electron chi connectivity index (χ2n) is 19.1. The number of nitrogens with one attached hydrogen (secondary N) is 2. The van der Waals surface area contributed by atoms with Crippen LogP contribution in [0.15, 0.2) is 97.1 Å². The Hall–Kier alpha value is -5.56. The first-order valence-corrected chi connectivity index (χ1v) is 25.0. The molecule has 0 unspecified atom stereocenters. The molecule has 12 nitrogen and oxygen atoms in total. The number of carbonyl (C=O) groups excluding carboxylic acids is 3. The number of amides is 2. The maximum atomic E-state index is 12.9. The van der Waals surface area contributed by atoms with Crippen LogP contribution in [0.25, 0.3) is 22.3 Å². The van der Waals surface area contributed by atoms with E-state index in [4.69, 9.17) is 30.5 Å². The lowest BCUT2D eigenvalue weighted by Crippen LogP contribution is -2.46. The number of benzene rings is 4. The van der Waals surface area contributed by atoms with Gasteiger partial charge in [0.25, 0.3) is 0 Å². The molecule has 8 atom stereocenters. The van der Waals surface area contributed by atoms with Gasteiger partial charge < -0.3 is 41.2 Å². The van der Waals surface area contributed by atoms with Crippen molar-refractivity contribution in [3.05, 3.63) is 119 Å². The molecule has 7 N–H and O–H groups in total. The third-order valence-corrected chi connectivity index (χ3v) is 14.1. The van der Waals surface area contributed by atoms with E-state index < -0.39 is 24.0 Å². The van der Waals surface area contributed by atoms with Gasteiger partial charge in [-0.25, -0.2) is 4.79 Å². The lowest BCUT2D eigenvalue weighted by atomic mass is 9.85. The second kappa shape index (κ2) is 28.2. The van der Waals surface area contributed by atoms with Crippen molar-refractivity contribution in [1.29, 1.82) is 0 Å². The molecule has 4 aromatic rings. The van der Waals surface area contributed by atoms with Crippen molar-refractivity contribution in [2.45, 2.75) is 130 Å². The van der Waals surface area contributed by atoms with Crippen LogP contribution in [0.5, 0.6) is 0 Å². The van der Waals surface area contributed by atoms with Crippen molar-refractivity contribution in [2.75, 3.05) is 26.4 Å². The minimum absolute atomic E-state index is 0.0163. The highest BCUT2D eigenvalue weighted by molar-refractivity contribution is 5.84. The van der Waals surface area contributed by atoms with Crippen LogP contribution in [0.4, 0.5) is 4.79 Å². The SMILES string of the molecule is CC[C@H](C)[C@@H](N)[C@@H](C)CCCO.CC[C@H](C)[C@@H](NC(=O)[C@@H](C)CC(=O)OCC1c2ccccc2-c2ccccc21)[C@@H](C)CCCO.C[C@@H](NC(=O)OCC1c2ccccc2-c2ccccc21)C(=O)O. The zero-order valence-corrected chi connectivity index (χ0v) is 42.2. The molecule has 2 amide bonds. The average Bonchev–Trinajstić information content (AvgIpc) is 3.86. The van der Waals surface area contributed by atoms with Crippen molar-refractivity contribution in [2.24, 2.45) is 35.3 Å². The molecule has 2 aliphatic rings. The Labute approximate surface area is 410 Å². The molecule has 0 saturated carbocycles. The third-order valence-electron chi connectivity index (χ3n) is 14.1. The van der Waals surface area contributed by atoms with Gasteiger partial charge >= 0.3 is 18.0 Å². The standard InChI is InChI=1S/C29H39NO4.C18H17NO4.C10H23NO/c1-5-19(2)28(20(3)11-10-16-31)30-29(33)21(4)17-27(32)34-18-26-24-14-8-6-12-22(24)23-13-7-9-15-25(23)26;1-11(17(20)21)19-18(22)23-10-16-14-8-4-2-6-12(14)13-7-3-5-9-15(13)16;1-4-8(2)10(11)9(3)6-5-7-12/h6-9,12-15,19-21,26,28,31H,5,10-11,16-18H2,1-4H3,(H,30,33);2-9,11,16H,10H2,1H3,(H,19,22)(H,20,21);8-10,12H,4-7,11H2,1-3H3/t19-,20-,21-,28+;11-;8-,9-,10+/m010/s1. The molecule has 0 saturated heterocycles. The molecule has 0 fully saturated rings. The van der Waals surface area contributed by atoms with Crippen LogP contribution in [0, 0.1) is 29.6 Å². The molecular weight excluding hydrogens is 871 g/mol. The molecule has 0 aliphatic heterocycles. The number of esters is 1. The Kier molecular flexibility index (Phi) is 22.9. The predicted octanol–water partition coefficient (Wildman–Crippen LogP) is 10.1. The lowest BCUT2D eigenvalue weighted by molar-refractivity contribution is -0.147. The van der Waals surface area contributed by atoms with Gasteiger partial charge in [-0.2, -0.15) is 0 Å². The van der Waals surface area contributed by atoms with Crippen molar-refractivity contribution in [1.82, 2.24) is 10.6 Å². The van der Waals surface area contributed by atoms with Gasteiger partial charge in [0.1, 0.15) is 19.3 Å². The van der Waals surface area contributed by atoms with E-state index in [1.54, 1.807) is 6.92 Å². The van der Waals surface area contributed by atoms with E-state index in [1.165, 1.54) is 29.2 Å². The smallest absolute Gasteiger partial charge is 0.407 e. The first-order chi connectivity index (χ1) is 33.1. The summed E-state index contributed by atoms with van der Waals surface area (Å²) in [6, 6.07) is 31.9. The molecule has 6 rings (SSSR count). The number of aliphatic hydroxyl groups excluding tert-OH is 2. The van der Waals surface area contributed by atoms with Gasteiger partial charge in [-0.1, -0.05) is 158 Å². The van der Waals surface area contributed by atoms with Crippen LogP contribution in [0.1, 0.15) is 134 Å². The number of hydrogen-bond donors (Lipinski definition) is 6. The Bertz CT molecular complexity index is 2160. The van der Waals surface area contributed by atoms with E-state index in [0.29, 0.717) is 23.8 Å². The van der Waals surface area contributed by atoms with Crippen LogP contribution in [-0.4, -0.2) is 83.8 Å². The van der Waals surface area contributed by atoms with Crippen molar-refractivity contribution >= 4 is 23.9 Å². The number of aliphatic hydroxyl groups is 2. The number of alkyl carbamates (subject to hydrolysis) is 1. The first kappa shape index (κ1) is 56.0. The predicted molar refractivity (Wildman–Crippen MR) is 274 cm³/mol. The van der Waals surface area contributed by atoms with Crippen molar-refractivity contribution in [3.8, 4) is 22.3 Å². The maximum Gasteiger partial charge on any atom is 0.407 e. The zero-order chi connectivity index (χ0) is 50.6. The number of aliphatic carboxylic acids is 1. The van der Waals surface area contributed by atoms with Crippen LogP contribution < -0.4 is 16.4 Å². The highest BCUT2D eigenvalue weighted by Crippen LogP contribution is 2.45. The Morgan fingerprint density at radius 1 is 0.580 bits per heavy atom. The van der Waals surface area contributed by atoms with Gasteiger partial charge in [0, 0.05) is 43.1 Å². The molecule has 4 aromatic carbocycles. The fourth-order valence-corrected chi connectivity index (χ4v) is 9.33. The van der Waals surface area contributed by atoms with E-state index >= 15 is 0 Å². The van der Waals surface area contributed by atoms with E-state index in [-0.39, 0.29) is 68.5 Å². The quantitative estimate of drug-likeness (QED) is 0.0413. The summed E-state index contributed by atoms with van der Waals surface area (Å²) in [5.41, 5.74) is 15.3. The summed E-state index contributed by atoms with van der Waals surface area (Å²) in [6.07, 6.45) is 4.93. The number of nitrogens with two attached hydrogens (primary N) is 1. The molecule has 69 heavy (non-hydrogen) atoms. The summed E-state index contributed by atoms with van der Waals surface area (Å²) >= 11 is 0. The second-order valence-corrected chi connectivity index (χ2v) is 19.1. The van der Waals surface area contributed by atoms with Crippen molar-refractivity contribution < 1.29 is 44.0 Å². The summed E-state index contributed by atoms with van der Waals surface area (Å²) in [4.78, 5) is 48.1. The van der Waals surface area contributed by atoms with E-state index in [1.807, 2.05) is 60.7 Å². The number of ether oxygens (including phenoxy) is 2. The summed E-state index contributed by atoms with van der Waals surface area (Å²) in [7, 11) is 0. The van der Waals surface area contributed by atoms with Gasteiger partial charge in [-0.15, -0.1) is 0 Å². The van der Waals surface area contributed by atoms with E-state index in [2.05, 4.69) is 88.6 Å².